The molecule has 3 aromatic heterocycles. The summed E-state index contributed by atoms with van der Waals surface area (Å²) < 4.78 is 50.0. The highest BCUT2D eigenvalue weighted by molar-refractivity contribution is 7.89. The third kappa shape index (κ3) is 4.57. The van der Waals surface area contributed by atoms with Crippen LogP contribution in [-0.4, -0.2) is 24.3 Å². The maximum absolute atomic E-state index is 13.4. The predicted molar refractivity (Wildman–Crippen MR) is 112 cm³/mol. The fourth-order valence-corrected chi connectivity index (χ4v) is 4.44. The van der Waals surface area contributed by atoms with E-state index in [0.29, 0.717) is 41.2 Å². The van der Waals surface area contributed by atoms with Gasteiger partial charge < -0.3 is 18.0 Å². The molecular formula is C22H22N2O6S. The van der Waals surface area contributed by atoms with Crippen molar-refractivity contribution >= 4 is 10.0 Å². The van der Waals surface area contributed by atoms with E-state index in [2.05, 4.69) is 4.98 Å². The molecule has 0 aliphatic heterocycles. The van der Waals surface area contributed by atoms with Crippen LogP contribution in [0.5, 0.6) is 5.75 Å². The van der Waals surface area contributed by atoms with Gasteiger partial charge in [0.05, 0.1) is 42.8 Å². The number of benzene rings is 1. The van der Waals surface area contributed by atoms with E-state index in [1.54, 1.807) is 43.3 Å². The largest absolute Gasteiger partial charge is 0.494 e. The van der Waals surface area contributed by atoms with Crippen molar-refractivity contribution in [2.45, 2.75) is 31.8 Å². The lowest BCUT2D eigenvalue weighted by Crippen LogP contribution is -2.30. The van der Waals surface area contributed by atoms with Crippen LogP contribution in [0.1, 0.15) is 24.1 Å². The summed E-state index contributed by atoms with van der Waals surface area (Å²) in [6.45, 7) is 4.16. The molecule has 31 heavy (non-hydrogen) atoms. The third-order valence-corrected chi connectivity index (χ3v) is 6.44. The topological polar surface area (TPSA) is 98.9 Å². The minimum atomic E-state index is -3.86. The molecule has 0 unspecified atom stereocenters. The smallest absolute Gasteiger partial charge is 0.263 e. The van der Waals surface area contributed by atoms with E-state index in [4.69, 9.17) is 18.0 Å². The van der Waals surface area contributed by atoms with Crippen molar-refractivity contribution in [1.29, 1.82) is 0 Å². The van der Waals surface area contributed by atoms with Crippen LogP contribution in [0.3, 0.4) is 0 Å². The quantitative estimate of drug-likeness (QED) is 0.373. The van der Waals surface area contributed by atoms with Crippen molar-refractivity contribution in [3.8, 4) is 17.4 Å². The van der Waals surface area contributed by atoms with Crippen molar-refractivity contribution in [3.63, 3.8) is 0 Å². The molecule has 1 aromatic carbocycles. The molecular weight excluding hydrogens is 420 g/mol. The molecule has 0 fully saturated rings. The molecule has 0 saturated carbocycles. The second-order valence-corrected chi connectivity index (χ2v) is 8.69. The highest BCUT2D eigenvalue weighted by atomic mass is 32.2. The molecule has 0 radical (unpaired) electrons. The first-order chi connectivity index (χ1) is 15.0. The summed E-state index contributed by atoms with van der Waals surface area (Å²) in [5.41, 5.74) is 0.493. The molecule has 0 spiro atoms. The zero-order valence-electron chi connectivity index (χ0n) is 17.1. The van der Waals surface area contributed by atoms with Crippen LogP contribution in [0.25, 0.3) is 11.7 Å². The number of ether oxygens (including phenoxy) is 1. The van der Waals surface area contributed by atoms with Crippen LogP contribution >= 0.6 is 0 Å². The number of oxazole rings is 1. The summed E-state index contributed by atoms with van der Waals surface area (Å²) in [5, 5.41) is 0. The zero-order valence-corrected chi connectivity index (χ0v) is 18.0. The van der Waals surface area contributed by atoms with Crippen molar-refractivity contribution in [1.82, 2.24) is 9.29 Å². The van der Waals surface area contributed by atoms with Gasteiger partial charge in [0, 0.05) is 0 Å². The van der Waals surface area contributed by atoms with Gasteiger partial charge in [0.2, 0.25) is 10.0 Å². The Morgan fingerprint density at radius 2 is 1.74 bits per heavy atom. The van der Waals surface area contributed by atoms with Crippen molar-refractivity contribution in [3.05, 3.63) is 78.3 Å². The van der Waals surface area contributed by atoms with Crippen molar-refractivity contribution in [2.75, 3.05) is 6.61 Å². The molecule has 9 heteroatoms. The van der Waals surface area contributed by atoms with Gasteiger partial charge >= 0.3 is 0 Å². The minimum absolute atomic E-state index is 0.00624. The summed E-state index contributed by atoms with van der Waals surface area (Å²) in [4.78, 5) is 4.60. The Kier molecular flexibility index (Phi) is 5.97. The standard InChI is InChI=1S/C22H22N2O6S/c1-3-27-17-8-10-19(11-9-17)31(25,26)24(14-18-6-4-12-28-18)15-20-16(2)30-22(23-20)21-7-5-13-29-21/h4-13H,3,14-15H2,1-2H3. The number of aryl methyl sites for hydroxylation is 1. The highest BCUT2D eigenvalue weighted by Crippen LogP contribution is 2.27. The van der Waals surface area contributed by atoms with E-state index >= 15 is 0 Å². The molecule has 0 bridgehead atoms. The van der Waals surface area contributed by atoms with Gasteiger partial charge in [-0.2, -0.15) is 4.31 Å². The Morgan fingerprint density at radius 1 is 1.00 bits per heavy atom. The van der Waals surface area contributed by atoms with Crippen molar-refractivity contribution < 1.29 is 26.4 Å². The van der Waals surface area contributed by atoms with Crippen molar-refractivity contribution in [2.24, 2.45) is 0 Å². The first kappa shape index (κ1) is 21.0. The van der Waals surface area contributed by atoms with E-state index in [9.17, 15) is 8.42 Å². The molecule has 4 rings (SSSR count). The van der Waals surface area contributed by atoms with Gasteiger partial charge in [-0.1, -0.05) is 0 Å². The van der Waals surface area contributed by atoms with E-state index in [0.717, 1.165) is 0 Å². The van der Waals surface area contributed by atoms with Crippen LogP contribution in [0, 0.1) is 6.92 Å². The average molecular weight is 442 g/mol. The van der Waals surface area contributed by atoms with Crippen LogP contribution in [-0.2, 0) is 23.1 Å². The summed E-state index contributed by atoms with van der Waals surface area (Å²) in [7, 11) is -3.86. The van der Waals surface area contributed by atoms with Gasteiger partial charge in [-0.3, -0.25) is 0 Å². The van der Waals surface area contributed by atoms with E-state index in [1.165, 1.54) is 29.0 Å². The van der Waals surface area contributed by atoms with E-state index < -0.39 is 10.0 Å². The van der Waals surface area contributed by atoms with Crippen LogP contribution in [0.2, 0.25) is 0 Å². The highest BCUT2D eigenvalue weighted by Gasteiger charge is 2.28. The Labute approximate surface area is 180 Å². The normalized spacial score (nSPS) is 11.8. The molecule has 0 saturated heterocycles. The number of rotatable bonds is 9. The van der Waals surface area contributed by atoms with Gasteiger partial charge in [0.15, 0.2) is 5.76 Å². The Bertz CT molecular complexity index is 1210. The van der Waals surface area contributed by atoms with E-state index in [-0.39, 0.29) is 18.0 Å². The van der Waals surface area contributed by atoms with Crippen LogP contribution < -0.4 is 4.74 Å². The Morgan fingerprint density at radius 3 is 2.39 bits per heavy atom. The molecule has 0 atom stereocenters. The van der Waals surface area contributed by atoms with Crippen LogP contribution in [0.4, 0.5) is 0 Å². The first-order valence-corrected chi connectivity index (χ1v) is 11.2. The summed E-state index contributed by atoms with van der Waals surface area (Å²) in [6, 6.07) is 13.2. The second-order valence-electron chi connectivity index (χ2n) is 6.76. The Balaban J connectivity index is 1.66. The number of aromatic nitrogens is 1. The number of furan rings is 2. The summed E-state index contributed by atoms with van der Waals surface area (Å²) in [6.07, 6.45) is 3.03. The first-order valence-electron chi connectivity index (χ1n) is 9.73. The third-order valence-electron chi connectivity index (χ3n) is 4.64. The van der Waals surface area contributed by atoms with Gasteiger partial charge in [0.25, 0.3) is 5.89 Å². The average Bonchev–Trinajstić information content (AvgIpc) is 3.51. The molecule has 4 aromatic rings. The fourth-order valence-electron chi connectivity index (χ4n) is 3.07. The number of nitrogens with zero attached hydrogens (tertiary/aromatic N) is 2. The van der Waals surface area contributed by atoms with Gasteiger partial charge in [-0.15, -0.1) is 0 Å². The number of hydrogen-bond donors (Lipinski definition) is 0. The van der Waals surface area contributed by atoms with Gasteiger partial charge in [-0.05, 0) is 62.4 Å². The zero-order chi connectivity index (χ0) is 21.8. The van der Waals surface area contributed by atoms with Gasteiger partial charge in [0.1, 0.15) is 17.3 Å². The number of sulfonamides is 1. The van der Waals surface area contributed by atoms with Gasteiger partial charge in [-0.25, -0.2) is 13.4 Å². The predicted octanol–water partition coefficient (Wildman–Crippen LogP) is 4.63. The molecule has 0 aliphatic rings. The SMILES string of the molecule is CCOc1ccc(S(=O)(=O)N(Cc2ccco2)Cc2nc(-c3ccco3)oc2C)cc1. The molecule has 8 nitrogen and oxygen atoms in total. The number of hydrogen-bond acceptors (Lipinski definition) is 7. The lowest BCUT2D eigenvalue weighted by molar-refractivity contribution is 0.339. The molecule has 0 N–H and O–H groups in total. The monoisotopic (exact) mass is 442 g/mol. The Hall–Kier alpha value is -3.30. The van der Waals surface area contributed by atoms with Crippen LogP contribution in [0.15, 0.2) is 79.2 Å². The minimum Gasteiger partial charge on any atom is -0.494 e. The fraction of sp³-hybridized carbons (Fsp3) is 0.227. The summed E-state index contributed by atoms with van der Waals surface area (Å²) in [5.74, 6) is 2.41. The molecule has 162 valence electrons. The summed E-state index contributed by atoms with van der Waals surface area (Å²) >= 11 is 0. The maximum atomic E-state index is 13.4. The molecule has 0 amide bonds. The lowest BCUT2D eigenvalue weighted by atomic mass is 10.3. The second kappa shape index (κ2) is 8.83. The maximum Gasteiger partial charge on any atom is 0.263 e. The van der Waals surface area contributed by atoms with E-state index in [1.807, 2.05) is 6.92 Å². The lowest BCUT2D eigenvalue weighted by Gasteiger charge is -2.20. The molecule has 3 heterocycles. The molecule has 0 aliphatic carbocycles.